The largest absolute Gasteiger partial charge is 0.367 e. The summed E-state index contributed by atoms with van der Waals surface area (Å²) in [6.07, 6.45) is -0.616. The summed E-state index contributed by atoms with van der Waals surface area (Å²) in [7, 11) is 0. The number of hydrogen-bond donors (Lipinski definition) is 1. The Kier molecular flexibility index (Phi) is 6.76. The van der Waals surface area contributed by atoms with Gasteiger partial charge in [0.2, 0.25) is 0 Å². The highest BCUT2D eigenvalue weighted by molar-refractivity contribution is 14.1. The lowest BCUT2D eigenvalue weighted by Gasteiger charge is -2.26. The molecule has 84 valence electrons. The van der Waals surface area contributed by atoms with Gasteiger partial charge >= 0.3 is 0 Å². The topological polar surface area (TPSA) is 32.7 Å². The van der Waals surface area contributed by atoms with Crippen LogP contribution >= 0.6 is 34.4 Å². The molecule has 0 spiro atoms. The van der Waals surface area contributed by atoms with Crippen molar-refractivity contribution in [2.45, 2.75) is 17.1 Å². The maximum Gasteiger partial charge on any atom is 0.166 e. The van der Waals surface area contributed by atoms with Crippen LogP contribution in [-0.4, -0.2) is 58.0 Å². The molecule has 0 amide bonds. The van der Waals surface area contributed by atoms with E-state index < -0.39 is 6.29 Å². The standard InChI is InChI=1S/C9H18INO2S/c1-8(10)9(12)13-5-2-11-3-6-14-7-4-11/h8-9,12H,2-7H2,1H3. The number of alkyl halides is 1. The fraction of sp³-hybridized carbons (Fsp3) is 1.00. The Labute approximate surface area is 104 Å². The first-order valence-corrected chi connectivity index (χ1v) is 7.34. The van der Waals surface area contributed by atoms with Crippen molar-refractivity contribution < 1.29 is 9.84 Å². The Bertz CT molecular complexity index is 154. The zero-order valence-corrected chi connectivity index (χ0v) is 11.5. The van der Waals surface area contributed by atoms with Gasteiger partial charge < -0.3 is 9.84 Å². The lowest BCUT2D eigenvalue weighted by Crippen LogP contribution is -2.36. The summed E-state index contributed by atoms with van der Waals surface area (Å²) in [6.45, 7) is 5.84. The number of hydrogen-bond acceptors (Lipinski definition) is 4. The average Bonchev–Trinajstić information content (AvgIpc) is 2.19. The van der Waals surface area contributed by atoms with Gasteiger partial charge in [0.1, 0.15) is 0 Å². The molecule has 1 heterocycles. The molecule has 14 heavy (non-hydrogen) atoms. The quantitative estimate of drug-likeness (QED) is 0.466. The highest BCUT2D eigenvalue weighted by atomic mass is 127. The van der Waals surface area contributed by atoms with Crippen molar-refractivity contribution in [1.82, 2.24) is 4.90 Å². The molecule has 3 nitrogen and oxygen atoms in total. The average molecular weight is 331 g/mol. The fourth-order valence-corrected chi connectivity index (χ4v) is 2.45. The van der Waals surface area contributed by atoms with Crippen molar-refractivity contribution in [3.63, 3.8) is 0 Å². The third-order valence-corrected chi connectivity index (χ3v) is 3.75. The molecular weight excluding hydrogens is 313 g/mol. The van der Waals surface area contributed by atoms with E-state index in [2.05, 4.69) is 27.5 Å². The molecule has 1 rings (SSSR count). The van der Waals surface area contributed by atoms with Gasteiger partial charge in [-0.15, -0.1) is 0 Å². The molecule has 5 heteroatoms. The molecule has 1 N–H and O–H groups in total. The molecule has 0 aromatic carbocycles. The van der Waals surface area contributed by atoms with E-state index in [1.165, 1.54) is 11.5 Å². The van der Waals surface area contributed by atoms with Crippen molar-refractivity contribution >= 4 is 34.4 Å². The lowest BCUT2D eigenvalue weighted by molar-refractivity contribution is -0.0970. The zero-order valence-electron chi connectivity index (χ0n) is 8.49. The maximum atomic E-state index is 9.40. The molecule has 0 aromatic heterocycles. The molecule has 2 unspecified atom stereocenters. The Morgan fingerprint density at radius 3 is 2.71 bits per heavy atom. The number of ether oxygens (including phenoxy) is 1. The van der Waals surface area contributed by atoms with Crippen molar-refractivity contribution in [3.05, 3.63) is 0 Å². The zero-order chi connectivity index (χ0) is 10.4. The van der Waals surface area contributed by atoms with Crippen LogP contribution in [0.1, 0.15) is 6.92 Å². The molecule has 0 bridgehead atoms. The van der Waals surface area contributed by atoms with Crippen LogP contribution < -0.4 is 0 Å². The van der Waals surface area contributed by atoms with E-state index in [-0.39, 0.29) is 3.92 Å². The number of aliphatic hydroxyl groups excluding tert-OH is 1. The minimum Gasteiger partial charge on any atom is -0.367 e. The van der Waals surface area contributed by atoms with Crippen molar-refractivity contribution in [3.8, 4) is 0 Å². The van der Waals surface area contributed by atoms with Crippen LogP contribution in [0.25, 0.3) is 0 Å². The van der Waals surface area contributed by atoms with E-state index in [1.807, 2.05) is 18.7 Å². The summed E-state index contributed by atoms with van der Waals surface area (Å²) in [5.41, 5.74) is 0. The number of rotatable bonds is 5. The van der Waals surface area contributed by atoms with Crippen molar-refractivity contribution in [2.75, 3.05) is 37.7 Å². The summed E-state index contributed by atoms with van der Waals surface area (Å²) in [5.74, 6) is 2.45. The van der Waals surface area contributed by atoms with Gasteiger partial charge in [0.15, 0.2) is 6.29 Å². The molecule has 0 aromatic rings. The highest BCUT2D eigenvalue weighted by Crippen LogP contribution is 2.09. The Hall–Kier alpha value is 0.960. The lowest BCUT2D eigenvalue weighted by atomic mass is 10.4. The van der Waals surface area contributed by atoms with Gasteiger partial charge in [0.25, 0.3) is 0 Å². The van der Waals surface area contributed by atoms with Crippen LogP contribution in [-0.2, 0) is 4.74 Å². The third kappa shape index (κ3) is 5.16. The summed E-state index contributed by atoms with van der Waals surface area (Å²) in [4.78, 5) is 2.39. The molecule has 1 saturated heterocycles. The minimum absolute atomic E-state index is 0.157. The van der Waals surface area contributed by atoms with Gasteiger partial charge in [-0.25, -0.2) is 0 Å². The number of halogens is 1. The van der Waals surface area contributed by atoms with Gasteiger partial charge in [-0.2, -0.15) is 11.8 Å². The van der Waals surface area contributed by atoms with Gasteiger partial charge in [-0.1, -0.05) is 22.6 Å². The first-order chi connectivity index (χ1) is 6.70. The van der Waals surface area contributed by atoms with E-state index in [9.17, 15) is 5.11 Å². The Balaban J connectivity index is 2.02. The third-order valence-electron chi connectivity index (χ3n) is 2.19. The first kappa shape index (κ1) is 13.0. The fourth-order valence-electron chi connectivity index (χ4n) is 1.26. The van der Waals surface area contributed by atoms with E-state index in [0.717, 1.165) is 19.6 Å². The van der Waals surface area contributed by atoms with Gasteiger partial charge in [0, 0.05) is 31.1 Å². The van der Waals surface area contributed by atoms with E-state index in [0.29, 0.717) is 6.61 Å². The molecule has 2 atom stereocenters. The monoisotopic (exact) mass is 331 g/mol. The summed E-state index contributed by atoms with van der Waals surface area (Å²) >= 11 is 4.18. The van der Waals surface area contributed by atoms with Crippen LogP contribution in [0.2, 0.25) is 0 Å². The Morgan fingerprint density at radius 2 is 2.14 bits per heavy atom. The number of thioether (sulfide) groups is 1. The Morgan fingerprint density at radius 1 is 1.50 bits per heavy atom. The second kappa shape index (κ2) is 7.27. The van der Waals surface area contributed by atoms with E-state index in [4.69, 9.17) is 4.74 Å². The van der Waals surface area contributed by atoms with Crippen LogP contribution in [0.5, 0.6) is 0 Å². The summed E-state index contributed by atoms with van der Waals surface area (Å²) in [6, 6.07) is 0. The summed E-state index contributed by atoms with van der Waals surface area (Å²) < 4.78 is 5.46. The van der Waals surface area contributed by atoms with Gasteiger partial charge in [-0.3, -0.25) is 4.90 Å². The normalized spacial score (nSPS) is 23.4. The van der Waals surface area contributed by atoms with Crippen LogP contribution in [0.15, 0.2) is 0 Å². The SMILES string of the molecule is CC(I)C(O)OCCN1CCSCC1. The predicted octanol–water partition coefficient (Wildman–Crippen LogP) is 1.19. The van der Waals surface area contributed by atoms with Gasteiger partial charge in [0.05, 0.1) is 10.5 Å². The molecular formula is C9H18INO2S. The molecule has 0 saturated carbocycles. The van der Waals surface area contributed by atoms with Crippen molar-refractivity contribution in [2.24, 2.45) is 0 Å². The predicted molar refractivity (Wildman–Crippen MR) is 69.2 cm³/mol. The molecule has 1 aliphatic heterocycles. The highest BCUT2D eigenvalue weighted by Gasteiger charge is 2.13. The summed E-state index contributed by atoms with van der Waals surface area (Å²) in [5, 5.41) is 9.40. The molecule has 0 radical (unpaired) electrons. The van der Waals surface area contributed by atoms with Crippen LogP contribution in [0.4, 0.5) is 0 Å². The number of nitrogens with zero attached hydrogens (tertiary/aromatic N) is 1. The van der Waals surface area contributed by atoms with E-state index in [1.54, 1.807) is 0 Å². The second-order valence-electron chi connectivity index (χ2n) is 3.39. The van der Waals surface area contributed by atoms with Crippen LogP contribution in [0.3, 0.4) is 0 Å². The van der Waals surface area contributed by atoms with Crippen molar-refractivity contribution in [1.29, 1.82) is 0 Å². The molecule has 1 aliphatic rings. The smallest absolute Gasteiger partial charge is 0.166 e. The van der Waals surface area contributed by atoms with Gasteiger partial charge in [-0.05, 0) is 6.92 Å². The first-order valence-electron chi connectivity index (χ1n) is 4.94. The number of aliphatic hydroxyl groups is 1. The second-order valence-corrected chi connectivity index (χ2v) is 6.58. The molecule has 0 aliphatic carbocycles. The maximum absolute atomic E-state index is 9.40. The van der Waals surface area contributed by atoms with Crippen LogP contribution in [0, 0.1) is 0 Å². The minimum atomic E-state index is -0.616. The van der Waals surface area contributed by atoms with E-state index >= 15 is 0 Å². The molecule has 1 fully saturated rings.